The summed E-state index contributed by atoms with van der Waals surface area (Å²) in [7, 11) is 0. The minimum atomic E-state index is -0.456. The van der Waals surface area contributed by atoms with Gasteiger partial charge in [0.25, 0.3) is 5.69 Å². The van der Waals surface area contributed by atoms with Gasteiger partial charge >= 0.3 is 0 Å². The third-order valence-corrected chi connectivity index (χ3v) is 2.70. The van der Waals surface area contributed by atoms with Crippen molar-refractivity contribution in [1.29, 1.82) is 0 Å². The molecule has 0 aromatic heterocycles. The van der Waals surface area contributed by atoms with Crippen molar-refractivity contribution in [3.63, 3.8) is 0 Å². The van der Waals surface area contributed by atoms with Crippen molar-refractivity contribution >= 4 is 11.4 Å². The van der Waals surface area contributed by atoms with Gasteiger partial charge in [-0.05, 0) is 30.7 Å². The first-order valence-corrected chi connectivity index (χ1v) is 6.54. The van der Waals surface area contributed by atoms with Crippen molar-refractivity contribution in [2.75, 3.05) is 12.3 Å². The van der Waals surface area contributed by atoms with Crippen molar-refractivity contribution in [3.05, 3.63) is 52.6 Å². The van der Waals surface area contributed by atoms with Crippen molar-refractivity contribution in [1.82, 2.24) is 0 Å². The van der Waals surface area contributed by atoms with Crippen LogP contribution < -0.4 is 15.2 Å². The maximum absolute atomic E-state index is 10.6. The summed E-state index contributed by atoms with van der Waals surface area (Å²) in [5.41, 5.74) is 6.33. The van der Waals surface area contributed by atoms with Crippen molar-refractivity contribution in [2.45, 2.75) is 13.3 Å². The van der Waals surface area contributed by atoms with Gasteiger partial charge in [-0.2, -0.15) is 0 Å². The van der Waals surface area contributed by atoms with E-state index in [9.17, 15) is 10.1 Å². The molecule has 0 aliphatic rings. The first kappa shape index (κ1) is 14.6. The molecule has 0 fully saturated rings. The smallest absolute Gasteiger partial charge is 0.269 e. The van der Waals surface area contributed by atoms with Crippen molar-refractivity contribution in [2.24, 2.45) is 0 Å². The highest BCUT2D eigenvalue weighted by Crippen LogP contribution is 2.33. The summed E-state index contributed by atoms with van der Waals surface area (Å²) in [5, 5.41) is 10.6. The van der Waals surface area contributed by atoms with Gasteiger partial charge in [0.2, 0.25) is 0 Å². The summed E-state index contributed by atoms with van der Waals surface area (Å²) >= 11 is 0. The van der Waals surface area contributed by atoms with Crippen LogP contribution in [0.3, 0.4) is 0 Å². The van der Waals surface area contributed by atoms with E-state index in [1.165, 1.54) is 24.3 Å². The molecule has 0 heterocycles. The lowest BCUT2D eigenvalue weighted by atomic mass is 10.2. The zero-order chi connectivity index (χ0) is 15.2. The standard InChI is InChI=1S/C15H16N2O4/c1-2-9-20-15-10-11(16)3-8-14(15)21-13-6-4-12(5-7-13)17(18)19/h3-8,10H,2,9,16H2,1H3. The zero-order valence-corrected chi connectivity index (χ0v) is 11.6. The number of nitrogen functional groups attached to an aromatic ring is 1. The predicted molar refractivity (Wildman–Crippen MR) is 79.8 cm³/mol. The molecule has 110 valence electrons. The molecular weight excluding hydrogens is 272 g/mol. The molecule has 0 saturated carbocycles. The van der Waals surface area contributed by atoms with Crippen LogP contribution in [0.15, 0.2) is 42.5 Å². The van der Waals surface area contributed by atoms with Crippen LogP contribution in [0, 0.1) is 10.1 Å². The summed E-state index contributed by atoms with van der Waals surface area (Å²) in [6.07, 6.45) is 0.867. The first-order chi connectivity index (χ1) is 10.1. The largest absolute Gasteiger partial charge is 0.490 e. The van der Waals surface area contributed by atoms with Gasteiger partial charge in [-0.1, -0.05) is 6.92 Å². The lowest BCUT2D eigenvalue weighted by Crippen LogP contribution is -1.98. The fraction of sp³-hybridized carbons (Fsp3) is 0.200. The maximum atomic E-state index is 10.6. The average molecular weight is 288 g/mol. The van der Waals surface area contributed by atoms with Gasteiger partial charge in [0, 0.05) is 23.9 Å². The average Bonchev–Trinajstić information content (AvgIpc) is 2.48. The van der Waals surface area contributed by atoms with E-state index in [0.717, 1.165) is 6.42 Å². The Bertz CT molecular complexity index is 626. The lowest BCUT2D eigenvalue weighted by Gasteiger charge is -2.12. The molecule has 0 saturated heterocycles. The third-order valence-electron chi connectivity index (χ3n) is 2.70. The van der Waals surface area contributed by atoms with Crippen molar-refractivity contribution < 1.29 is 14.4 Å². The maximum Gasteiger partial charge on any atom is 0.269 e. The Labute approximate surface area is 122 Å². The van der Waals surface area contributed by atoms with Crippen LogP contribution in [0.1, 0.15) is 13.3 Å². The third kappa shape index (κ3) is 3.85. The van der Waals surface area contributed by atoms with Crippen LogP contribution in [-0.4, -0.2) is 11.5 Å². The molecule has 6 heteroatoms. The number of rotatable bonds is 6. The quantitative estimate of drug-likeness (QED) is 0.496. The minimum Gasteiger partial charge on any atom is -0.490 e. The molecule has 0 aliphatic heterocycles. The Kier molecular flexibility index (Phi) is 4.61. The highest BCUT2D eigenvalue weighted by Gasteiger charge is 2.09. The number of anilines is 1. The van der Waals surface area contributed by atoms with Gasteiger partial charge in [-0.25, -0.2) is 0 Å². The van der Waals surface area contributed by atoms with Crippen LogP contribution in [0.25, 0.3) is 0 Å². The van der Waals surface area contributed by atoms with E-state index in [2.05, 4.69) is 0 Å². The van der Waals surface area contributed by atoms with Crippen LogP contribution in [0.5, 0.6) is 17.2 Å². The molecule has 0 spiro atoms. The Hall–Kier alpha value is -2.76. The monoisotopic (exact) mass is 288 g/mol. The molecule has 2 N–H and O–H groups in total. The topological polar surface area (TPSA) is 87.6 Å². The van der Waals surface area contributed by atoms with Crippen LogP contribution in [-0.2, 0) is 0 Å². The molecule has 6 nitrogen and oxygen atoms in total. The molecule has 0 aliphatic carbocycles. The van der Waals surface area contributed by atoms with E-state index in [0.29, 0.717) is 29.5 Å². The van der Waals surface area contributed by atoms with Gasteiger partial charge < -0.3 is 15.2 Å². The fourth-order valence-electron chi connectivity index (χ4n) is 1.70. The molecule has 0 amide bonds. The molecule has 0 atom stereocenters. The highest BCUT2D eigenvalue weighted by molar-refractivity contribution is 5.53. The number of non-ortho nitro benzene ring substituents is 1. The van der Waals surface area contributed by atoms with Crippen LogP contribution >= 0.6 is 0 Å². The Morgan fingerprint density at radius 2 is 1.86 bits per heavy atom. The minimum absolute atomic E-state index is 0.0158. The molecule has 2 aromatic rings. The normalized spacial score (nSPS) is 10.1. The summed E-state index contributed by atoms with van der Waals surface area (Å²) in [6.45, 7) is 2.56. The van der Waals surface area contributed by atoms with Gasteiger partial charge in [0.05, 0.1) is 11.5 Å². The van der Waals surface area contributed by atoms with E-state index in [1.807, 2.05) is 6.92 Å². The number of nitrogens with zero attached hydrogens (tertiary/aromatic N) is 1. The van der Waals surface area contributed by atoms with E-state index in [1.54, 1.807) is 18.2 Å². The van der Waals surface area contributed by atoms with Crippen molar-refractivity contribution in [3.8, 4) is 17.2 Å². The van der Waals surface area contributed by atoms with E-state index >= 15 is 0 Å². The zero-order valence-electron chi connectivity index (χ0n) is 11.6. The first-order valence-electron chi connectivity index (χ1n) is 6.54. The summed E-state index contributed by atoms with van der Waals surface area (Å²) in [5.74, 6) is 1.56. The second-order valence-electron chi connectivity index (χ2n) is 4.41. The van der Waals surface area contributed by atoms with Crippen LogP contribution in [0.4, 0.5) is 11.4 Å². The fourth-order valence-corrected chi connectivity index (χ4v) is 1.70. The number of nitro benzene ring substituents is 1. The number of nitro groups is 1. The van der Waals surface area contributed by atoms with Gasteiger partial charge in [-0.3, -0.25) is 10.1 Å². The molecule has 0 unspecified atom stereocenters. The van der Waals surface area contributed by atoms with E-state index in [-0.39, 0.29) is 5.69 Å². The molecule has 0 bridgehead atoms. The second-order valence-corrected chi connectivity index (χ2v) is 4.41. The Morgan fingerprint density at radius 1 is 1.14 bits per heavy atom. The van der Waals surface area contributed by atoms with E-state index < -0.39 is 4.92 Å². The summed E-state index contributed by atoms with van der Waals surface area (Å²) in [4.78, 5) is 10.2. The molecular formula is C15H16N2O4. The summed E-state index contributed by atoms with van der Waals surface area (Å²) in [6, 6.07) is 11.0. The Morgan fingerprint density at radius 3 is 2.48 bits per heavy atom. The molecule has 2 aromatic carbocycles. The van der Waals surface area contributed by atoms with Gasteiger partial charge in [-0.15, -0.1) is 0 Å². The number of nitrogens with two attached hydrogens (primary N) is 1. The lowest BCUT2D eigenvalue weighted by molar-refractivity contribution is -0.384. The second kappa shape index (κ2) is 6.60. The SMILES string of the molecule is CCCOc1cc(N)ccc1Oc1ccc([N+](=O)[O-])cc1. The number of hydrogen-bond donors (Lipinski definition) is 1. The van der Waals surface area contributed by atoms with Gasteiger partial charge in [0.15, 0.2) is 11.5 Å². The van der Waals surface area contributed by atoms with Gasteiger partial charge in [0.1, 0.15) is 5.75 Å². The van der Waals surface area contributed by atoms with Crippen LogP contribution in [0.2, 0.25) is 0 Å². The molecule has 21 heavy (non-hydrogen) atoms. The number of benzene rings is 2. The predicted octanol–water partition coefficient (Wildman–Crippen LogP) is 3.76. The van der Waals surface area contributed by atoms with E-state index in [4.69, 9.17) is 15.2 Å². The summed E-state index contributed by atoms with van der Waals surface area (Å²) < 4.78 is 11.3. The number of ether oxygens (including phenoxy) is 2. The Balaban J connectivity index is 2.19. The molecule has 2 rings (SSSR count). The highest BCUT2D eigenvalue weighted by atomic mass is 16.6. The molecule has 0 radical (unpaired) electrons. The number of hydrogen-bond acceptors (Lipinski definition) is 5.